The number of aromatic nitrogens is 1. The molecule has 7 nitrogen and oxygen atoms in total. The fourth-order valence-electron chi connectivity index (χ4n) is 2.77. The maximum Gasteiger partial charge on any atom is 0.307 e. The van der Waals surface area contributed by atoms with Crippen molar-refractivity contribution in [3.63, 3.8) is 0 Å². The van der Waals surface area contributed by atoms with E-state index < -0.39 is 12.1 Å². The van der Waals surface area contributed by atoms with Gasteiger partial charge in [0.15, 0.2) is 6.10 Å². The Hall–Kier alpha value is -3.26. The number of hydrogen-bond acceptors (Lipinski definition) is 7. The third-order valence-corrected chi connectivity index (χ3v) is 5.04. The number of carbonyl (C=O) groups is 1. The Morgan fingerprint density at radius 2 is 1.93 bits per heavy atom. The summed E-state index contributed by atoms with van der Waals surface area (Å²) in [7, 11) is 1.57. The van der Waals surface area contributed by atoms with Gasteiger partial charge in [-0.15, -0.1) is 0 Å². The van der Waals surface area contributed by atoms with Crippen LogP contribution in [0.1, 0.15) is 29.0 Å². The van der Waals surface area contributed by atoms with Gasteiger partial charge >= 0.3 is 10.8 Å². The zero-order chi connectivity index (χ0) is 20.8. The van der Waals surface area contributed by atoms with E-state index in [1.54, 1.807) is 25.3 Å². The molecule has 3 rings (SSSR count). The second-order valence-electron chi connectivity index (χ2n) is 6.29. The molecule has 29 heavy (non-hydrogen) atoms. The maximum atomic E-state index is 11.5. The van der Waals surface area contributed by atoms with Gasteiger partial charge < -0.3 is 19.3 Å². The van der Waals surface area contributed by atoms with Crippen LogP contribution in [0.5, 0.6) is 17.4 Å². The fourth-order valence-corrected chi connectivity index (χ4v) is 3.53. The highest BCUT2D eigenvalue weighted by atomic mass is 32.1. The number of rotatable bonds is 8. The van der Waals surface area contributed by atoms with Crippen molar-refractivity contribution < 1.29 is 24.1 Å². The summed E-state index contributed by atoms with van der Waals surface area (Å²) in [6.45, 7) is 1.50. The van der Waals surface area contributed by atoms with Crippen molar-refractivity contribution in [3.8, 4) is 17.4 Å². The largest absolute Gasteiger partial charge is 0.497 e. The Morgan fingerprint density at radius 3 is 2.55 bits per heavy atom. The molecule has 0 radical (unpaired) electrons. The first kappa shape index (κ1) is 20.5. The molecule has 1 heterocycles. The normalized spacial score (nSPS) is 11.7. The third kappa shape index (κ3) is 5.61. The molecule has 2 aromatic carbocycles. The highest BCUT2D eigenvalue weighted by Crippen LogP contribution is 2.25. The Morgan fingerprint density at radius 1 is 1.17 bits per heavy atom. The van der Waals surface area contributed by atoms with Crippen LogP contribution in [0, 0.1) is 0 Å². The number of thiazole rings is 1. The predicted octanol–water partition coefficient (Wildman–Crippen LogP) is 3.42. The molecular weight excluding hydrogens is 394 g/mol. The smallest absolute Gasteiger partial charge is 0.307 e. The summed E-state index contributed by atoms with van der Waals surface area (Å²) in [5.74, 6) is 0.782. The fraction of sp³-hybridized carbons (Fsp3) is 0.238. The van der Waals surface area contributed by atoms with E-state index in [9.17, 15) is 14.7 Å². The Bertz CT molecular complexity index is 1020. The molecule has 0 amide bonds. The van der Waals surface area contributed by atoms with Crippen LogP contribution in [0.15, 0.2) is 53.3 Å². The summed E-state index contributed by atoms with van der Waals surface area (Å²) in [5.41, 5.74) is 1.70. The van der Waals surface area contributed by atoms with Gasteiger partial charge in [0.2, 0.25) is 5.88 Å². The van der Waals surface area contributed by atoms with E-state index in [0.717, 1.165) is 22.5 Å². The van der Waals surface area contributed by atoms with Gasteiger partial charge in [0, 0.05) is 13.3 Å². The van der Waals surface area contributed by atoms with E-state index in [4.69, 9.17) is 14.2 Å². The number of esters is 1. The highest BCUT2D eigenvalue weighted by molar-refractivity contribution is 7.09. The van der Waals surface area contributed by atoms with E-state index in [2.05, 4.69) is 4.98 Å². The number of H-pyrrole nitrogens is 1. The van der Waals surface area contributed by atoms with Crippen LogP contribution in [0.3, 0.4) is 0 Å². The van der Waals surface area contributed by atoms with Crippen LogP contribution in [0.2, 0.25) is 0 Å². The number of methoxy groups -OCH3 is 1. The summed E-state index contributed by atoms with van der Waals surface area (Å²) in [5, 5.41) is 9.69. The summed E-state index contributed by atoms with van der Waals surface area (Å²) in [6, 6.07) is 14.6. The molecule has 3 aromatic rings. The maximum absolute atomic E-state index is 11.5. The summed E-state index contributed by atoms with van der Waals surface area (Å²) >= 11 is 0.983. The number of benzene rings is 2. The van der Waals surface area contributed by atoms with Gasteiger partial charge in [0.25, 0.3) is 0 Å². The molecule has 0 aliphatic rings. The van der Waals surface area contributed by atoms with Gasteiger partial charge in [-0.2, -0.15) is 0 Å². The molecule has 1 aromatic heterocycles. The summed E-state index contributed by atoms with van der Waals surface area (Å²) < 4.78 is 16.4. The standard InChI is InChI=1S/C21H21NO6S/c1-13(23)28-18(15-4-3-5-17(11-15)26-2)12-27-16-8-6-14(7-9-16)10-19-20(24)22-21(25)29-19/h3-9,11,18,24H,10,12H2,1-2H3,(H,22,25). The minimum Gasteiger partial charge on any atom is -0.497 e. The zero-order valence-electron chi connectivity index (χ0n) is 16.0. The molecule has 1 unspecified atom stereocenters. The number of nitrogens with one attached hydrogen (secondary N) is 1. The highest BCUT2D eigenvalue weighted by Gasteiger charge is 2.17. The molecule has 0 fully saturated rings. The molecule has 0 aliphatic heterocycles. The van der Waals surface area contributed by atoms with Crippen LogP contribution < -0.4 is 14.3 Å². The molecular formula is C21H21NO6S. The average molecular weight is 415 g/mol. The lowest BCUT2D eigenvalue weighted by atomic mass is 10.1. The van der Waals surface area contributed by atoms with Crippen LogP contribution in [0.4, 0.5) is 0 Å². The first-order valence-electron chi connectivity index (χ1n) is 8.88. The first-order chi connectivity index (χ1) is 13.9. The SMILES string of the molecule is COc1cccc(C(COc2ccc(Cc3sc(=O)[nH]c3O)cc2)OC(C)=O)c1. The number of aromatic amines is 1. The number of hydrogen-bond donors (Lipinski definition) is 2. The van der Waals surface area contributed by atoms with Crippen molar-refractivity contribution in [2.75, 3.05) is 13.7 Å². The van der Waals surface area contributed by atoms with E-state index in [-0.39, 0.29) is 17.4 Å². The van der Waals surface area contributed by atoms with E-state index >= 15 is 0 Å². The van der Waals surface area contributed by atoms with Crippen LogP contribution in [-0.2, 0) is 16.0 Å². The minimum atomic E-state index is -0.573. The van der Waals surface area contributed by atoms with Crippen molar-refractivity contribution in [2.24, 2.45) is 0 Å². The van der Waals surface area contributed by atoms with E-state index in [0.29, 0.717) is 22.8 Å². The van der Waals surface area contributed by atoms with Gasteiger partial charge in [-0.3, -0.25) is 14.6 Å². The predicted molar refractivity (Wildman–Crippen MR) is 109 cm³/mol. The molecule has 0 saturated heterocycles. The van der Waals surface area contributed by atoms with E-state index in [1.165, 1.54) is 6.92 Å². The van der Waals surface area contributed by atoms with Crippen LogP contribution in [-0.4, -0.2) is 29.8 Å². The Kier molecular flexibility index (Phi) is 6.56. The van der Waals surface area contributed by atoms with Gasteiger partial charge in [-0.1, -0.05) is 35.6 Å². The zero-order valence-corrected chi connectivity index (χ0v) is 16.8. The van der Waals surface area contributed by atoms with Crippen LogP contribution >= 0.6 is 11.3 Å². The number of aromatic hydroxyl groups is 1. The van der Waals surface area contributed by atoms with E-state index in [1.807, 2.05) is 30.3 Å². The van der Waals surface area contributed by atoms with Gasteiger partial charge in [0.1, 0.15) is 18.1 Å². The third-order valence-electron chi connectivity index (χ3n) is 4.16. The van der Waals surface area contributed by atoms with Crippen molar-refractivity contribution in [1.29, 1.82) is 0 Å². The Labute approximate surface area is 171 Å². The Balaban J connectivity index is 1.66. The molecule has 0 bridgehead atoms. The van der Waals surface area contributed by atoms with Gasteiger partial charge in [-0.25, -0.2) is 0 Å². The molecule has 0 aliphatic carbocycles. The molecule has 2 N–H and O–H groups in total. The molecule has 0 saturated carbocycles. The lowest BCUT2D eigenvalue weighted by molar-refractivity contribution is -0.148. The van der Waals surface area contributed by atoms with Crippen molar-refractivity contribution in [2.45, 2.75) is 19.4 Å². The molecule has 0 spiro atoms. The first-order valence-corrected chi connectivity index (χ1v) is 9.70. The lowest BCUT2D eigenvalue weighted by Gasteiger charge is -2.19. The minimum absolute atomic E-state index is 0.0946. The van der Waals surface area contributed by atoms with Crippen molar-refractivity contribution >= 4 is 17.3 Å². The topological polar surface area (TPSA) is 97.8 Å². The quantitative estimate of drug-likeness (QED) is 0.547. The second kappa shape index (κ2) is 9.29. The van der Waals surface area contributed by atoms with Crippen molar-refractivity contribution in [1.82, 2.24) is 4.98 Å². The number of carbonyl (C=O) groups excluding carboxylic acids is 1. The van der Waals surface area contributed by atoms with Gasteiger partial charge in [-0.05, 0) is 35.4 Å². The lowest BCUT2D eigenvalue weighted by Crippen LogP contribution is -2.16. The van der Waals surface area contributed by atoms with Crippen LogP contribution in [0.25, 0.3) is 0 Å². The van der Waals surface area contributed by atoms with Crippen molar-refractivity contribution in [3.05, 3.63) is 74.2 Å². The monoisotopic (exact) mass is 415 g/mol. The van der Waals surface area contributed by atoms with Gasteiger partial charge in [0.05, 0.1) is 12.0 Å². The molecule has 8 heteroatoms. The number of ether oxygens (including phenoxy) is 3. The molecule has 1 atom stereocenters. The summed E-state index contributed by atoms with van der Waals surface area (Å²) in [4.78, 5) is 25.4. The average Bonchev–Trinajstić information content (AvgIpc) is 3.02. The molecule has 152 valence electrons. The summed E-state index contributed by atoms with van der Waals surface area (Å²) in [6.07, 6.45) is -0.133. The second-order valence-corrected chi connectivity index (χ2v) is 7.36.